The first kappa shape index (κ1) is 19.3. The number of furan rings is 1. The van der Waals surface area contributed by atoms with Gasteiger partial charge in [0.25, 0.3) is 17.1 Å². The first-order chi connectivity index (χ1) is 15.1. The van der Waals surface area contributed by atoms with Crippen LogP contribution in [0.2, 0.25) is 0 Å². The van der Waals surface area contributed by atoms with E-state index in [9.17, 15) is 9.59 Å². The van der Waals surface area contributed by atoms with Gasteiger partial charge in [-0.25, -0.2) is 4.57 Å². The fourth-order valence-electron chi connectivity index (χ4n) is 3.91. The van der Waals surface area contributed by atoms with Gasteiger partial charge in [0.05, 0.1) is 12.4 Å². The second-order valence-electron chi connectivity index (χ2n) is 7.54. The molecule has 1 saturated heterocycles. The minimum absolute atomic E-state index is 0.00268. The Bertz CT molecular complexity index is 1320. The van der Waals surface area contributed by atoms with Gasteiger partial charge in [0, 0.05) is 19.3 Å². The number of hydrogen-bond acceptors (Lipinski definition) is 6. The third-order valence-corrected chi connectivity index (χ3v) is 5.51. The zero-order chi connectivity index (χ0) is 21.4. The highest BCUT2D eigenvalue weighted by atomic mass is 16.5. The highest BCUT2D eigenvalue weighted by Crippen LogP contribution is 2.16. The van der Waals surface area contributed by atoms with E-state index in [1.165, 1.54) is 10.5 Å². The predicted molar refractivity (Wildman–Crippen MR) is 113 cm³/mol. The Morgan fingerprint density at radius 1 is 1.32 bits per heavy atom. The van der Waals surface area contributed by atoms with Gasteiger partial charge >= 0.3 is 0 Å². The van der Waals surface area contributed by atoms with Crippen LogP contribution < -0.4 is 21.2 Å². The van der Waals surface area contributed by atoms with Crippen molar-refractivity contribution < 1.29 is 18.5 Å². The second kappa shape index (κ2) is 7.84. The number of carbonyl (C=O) groups excluding carboxylic acids is 1. The van der Waals surface area contributed by atoms with Gasteiger partial charge < -0.3 is 20.2 Å². The standard InChI is InChI=1S/C22H21N5O4/c23-19-16(21(28)24-12-14-5-3-9-30-14)11-17-20(27(19)13-15-6-4-10-31-15)25-18-7-1-2-8-26(18)22(17)29/h1-2,4,6-8,10-11,14,23H,3,5,9,12-13H2,(H,24,28)/p+1/t14-/m0/s1. The summed E-state index contributed by atoms with van der Waals surface area (Å²) in [4.78, 5) is 30.8. The van der Waals surface area contributed by atoms with E-state index in [0.29, 0.717) is 35.6 Å². The number of nitrogens with one attached hydrogen (secondary N) is 1. The molecule has 0 saturated carbocycles. The third kappa shape index (κ3) is 3.53. The van der Waals surface area contributed by atoms with Crippen molar-refractivity contribution in [2.24, 2.45) is 0 Å². The van der Waals surface area contributed by atoms with E-state index in [1.807, 2.05) is 0 Å². The molecule has 0 bridgehead atoms. The van der Waals surface area contributed by atoms with E-state index in [-0.39, 0.29) is 35.5 Å². The summed E-state index contributed by atoms with van der Waals surface area (Å²) in [5.41, 5.74) is 7.24. The molecule has 0 unspecified atom stereocenters. The first-order valence-electron chi connectivity index (χ1n) is 10.2. The van der Waals surface area contributed by atoms with Crippen molar-refractivity contribution in [2.45, 2.75) is 25.5 Å². The van der Waals surface area contributed by atoms with Gasteiger partial charge in [0.1, 0.15) is 23.3 Å². The number of nitrogens with two attached hydrogens (primary N) is 1. The Labute approximate surface area is 177 Å². The minimum atomic E-state index is -0.361. The largest absolute Gasteiger partial charge is 0.466 e. The first-order valence-corrected chi connectivity index (χ1v) is 10.2. The average Bonchev–Trinajstić information content (AvgIpc) is 3.48. The molecule has 0 aromatic carbocycles. The number of aromatic nitrogens is 3. The minimum Gasteiger partial charge on any atom is -0.466 e. The molecule has 4 aromatic rings. The molecule has 1 aliphatic heterocycles. The number of amides is 1. The van der Waals surface area contributed by atoms with Crippen molar-refractivity contribution in [1.29, 1.82) is 0 Å². The number of fused-ring (bicyclic) bond motifs is 2. The predicted octanol–water partition coefficient (Wildman–Crippen LogP) is 1.27. The molecule has 0 radical (unpaired) electrons. The normalized spacial score (nSPS) is 16.2. The molecular weight excluding hydrogens is 398 g/mol. The van der Waals surface area contributed by atoms with Crippen LogP contribution in [-0.2, 0) is 11.3 Å². The number of nitrogen functional groups attached to an aromatic ring is 1. The number of anilines is 1. The monoisotopic (exact) mass is 420 g/mol. The number of nitrogens with zero attached hydrogens (tertiary/aromatic N) is 3. The molecule has 1 amide bonds. The highest BCUT2D eigenvalue weighted by Gasteiger charge is 2.26. The molecule has 3 N–H and O–H groups in total. The van der Waals surface area contributed by atoms with E-state index in [2.05, 4.69) is 10.3 Å². The molecule has 0 spiro atoms. The molecular formula is C22H22N5O4+. The summed E-state index contributed by atoms with van der Waals surface area (Å²) in [5, 5.41) is 3.18. The van der Waals surface area contributed by atoms with Crippen molar-refractivity contribution in [2.75, 3.05) is 18.9 Å². The van der Waals surface area contributed by atoms with E-state index in [1.54, 1.807) is 47.4 Å². The van der Waals surface area contributed by atoms with E-state index < -0.39 is 0 Å². The summed E-state index contributed by atoms with van der Waals surface area (Å²) >= 11 is 0. The van der Waals surface area contributed by atoms with Gasteiger partial charge in [-0.2, -0.15) is 0 Å². The van der Waals surface area contributed by atoms with Crippen molar-refractivity contribution in [3.63, 3.8) is 0 Å². The summed E-state index contributed by atoms with van der Waals surface area (Å²) < 4.78 is 14.1. The Balaban J connectivity index is 1.65. The topological polar surface area (TPSA) is 116 Å². The van der Waals surface area contributed by atoms with Gasteiger partial charge in [-0.3, -0.25) is 14.0 Å². The van der Waals surface area contributed by atoms with Crippen LogP contribution in [0, 0.1) is 0 Å². The van der Waals surface area contributed by atoms with Gasteiger partial charge in [0.2, 0.25) is 11.5 Å². The van der Waals surface area contributed by atoms with E-state index in [4.69, 9.17) is 14.9 Å². The molecule has 158 valence electrons. The lowest BCUT2D eigenvalue weighted by Crippen LogP contribution is -2.43. The van der Waals surface area contributed by atoms with Crippen molar-refractivity contribution in [3.8, 4) is 0 Å². The lowest BCUT2D eigenvalue weighted by Gasteiger charge is -2.13. The summed E-state index contributed by atoms with van der Waals surface area (Å²) in [6.45, 7) is 1.33. The fraction of sp³-hybridized carbons (Fsp3) is 0.273. The van der Waals surface area contributed by atoms with E-state index in [0.717, 1.165) is 12.8 Å². The molecule has 31 heavy (non-hydrogen) atoms. The van der Waals surface area contributed by atoms with Crippen LogP contribution in [0.4, 0.5) is 5.82 Å². The van der Waals surface area contributed by atoms with E-state index >= 15 is 0 Å². The number of ether oxygens (including phenoxy) is 1. The summed E-state index contributed by atoms with van der Waals surface area (Å²) in [6, 6.07) is 10.4. The number of hydrogen-bond donors (Lipinski definition) is 2. The molecule has 1 atom stereocenters. The highest BCUT2D eigenvalue weighted by molar-refractivity contribution is 6.00. The Morgan fingerprint density at radius 3 is 3.00 bits per heavy atom. The van der Waals surface area contributed by atoms with Crippen molar-refractivity contribution in [3.05, 3.63) is 70.5 Å². The maximum atomic E-state index is 13.2. The zero-order valence-corrected chi connectivity index (χ0v) is 16.8. The van der Waals surface area contributed by atoms with Crippen molar-refractivity contribution in [1.82, 2.24) is 14.7 Å². The van der Waals surface area contributed by atoms with Gasteiger partial charge in [-0.1, -0.05) is 11.1 Å². The molecule has 1 aliphatic rings. The summed E-state index contributed by atoms with van der Waals surface area (Å²) in [5.74, 6) is 0.478. The Hall–Kier alpha value is -3.72. The number of rotatable bonds is 5. The lowest BCUT2D eigenvalue weighted by atomic mass is 10.1. The molecule has 4 aromatic heterocycles. The summed E-state index contributed by atoms with van der Waals surface area (Å²) in [7, 11) is 0. The molecule has 5 heterocycles. The Kier molecular flexibility index (Phi) is 4.87. The van der Waals surface area contributed by atoms with Gasteiger partial charge in [0.15, 0.2) is 0 Å². The zero-order valence-electron chi connectivity index (χ0n) is 16.8. The van der Waals surface area contributed by atoms with Crippen LogP contribution in [0.5, 0.6) is 0 Å². The average molecular weight is 420 g/mol. The van der Waals surface area contributed by atoms with Crippen LogP contribution in [-0.4, -0.2) is 34.5 Å². The van der Waals surface area contributed by atoms with Gasteiger partial charge in [-0.15, -0.1) is 0 Å². The van der Waals surface area contributed by atoms with Crippen LogP contribution in [0.25, 0.3) is 16.7 Å². The maximum Gasteiger partial charge on any atom is 0.278 e. The van der Waals surface area contributed by atoms with Crippen LogP contribution in [0.1, 0.15) is 29.0 Å². The smallest absolute Gasteiger partial charge is 0.278 e. The number of pyridine rings is 2. The fourth-order valence-corrected chi connectivity index (χ4v) is 3.91. The molecule has 9 heteroatoms. The SMILES string of the molecule is Nc1c(C(=O)NC[C@@H]2CCCO2)cc2c(=O)n3ccccc3nc2[n+]1Cc1ccco1. The quantitative estimate of drug-likeness (QED) is 0.371. The molecule has 9 nitrogen and oxygen atoms in total. The summed E-state index contributed by atoms with van der Waals surface area (Å²) in [6.07, 6.45) is 5.09. The molecule has 5 rings (SSSR count). The lowest BCUT2D eigenvalue weighted by molar-refractivity contribution is -0.651. The van der Waals surface area contributed by atoms with Gasteiger partial charge in [-0.05, 0) is 43.2 Å². The number of carbonyl (C=O) groups is 1. The van der Waals surface area contributed by atoms with Crippen LogP contribution in [0.3, 0.4) is 0 Å². The third-order valence-electron chi connectivity index (χ3n) is 5.51. The Morgan fingerprint density at radius 2 is 2.23 bits per heavy atom. The van der Waals surface area contributed by atoms with Crippen LogP contribution >= 0.6 is 0 Å². The van der Waals surface area contributed by atoms with Crippen LogP contribution in [0.15, 0.2) is 58.1 Å². The molecule has 0 aliphatic carbocycles. The maximum absolute atomic E-state index is 13.2. The second-order valence-corrected chi connectivity index (χ2v) is 7.54. The molecule has 1 fully saturated rings. The van der Waals surface area contributed by atoms with Crippen molar-refractivity contribution >= 4 is 28.4 Å².